The molecule has 1 saturated carbocycles. The van der Waals surface area contributed by atoms with E-state index in [1.54, 1.807) is 31.3 Å². The van der Waals surface area contributed by atoms with E-state index in [1.165, 1.54) is 4.90 Å². The van der Waals surface area contributed by atoms with Crippen LogP contribution < -0.4 is 0 Å². The first kappa shape index (κ1) is 20.9. The Balaban J connectivity index is 1.79. The van der Waals surface area contributed by atoms with Gasteiger partial charge in [0.15, 0.2) is 12.4 Å². The number of esters is 1. The van der Waals surface area contributed by atoms with E-state index in [9.17, 15) is 19.6 Å². The molecule has 0 radical (unpaired) electrons. The van der Waals surface area contributed by atoms with E-state index < -0.39 is 24.0 Å². The second-order valence-corrected chi connectivity index (χ2v) is 7.18. The molecule has 0 atom stereocenters. The van der Waals surface area contributed by atoms with Crippen LogP contribution in [0.4, 0.5) is 0 Å². The zero-order valence-corrected chi connectivity index (χ0v) is 16.1. The van der Waals surface area contributed by atoms with Gasteiger partial charge in [0.05, 0.1) is 12.5 Å². The van der Waals surface area contributed by atoms with Gasteiger partial charge in [-0.25, -0.2) is 0 Å². The molecule has 6 nitrogen and oxygen atoms in total. The highest BCUT2D eigenvalue weighted by Gasteiger charge is 2.38. The third-order valence-electron chi connectivity index (χ3n) is 4.98. The van der Waals surface area contributed by atoms with E-state index in [1.807, 2.05) is 0 Å². The number of nitriles is 1. The average Bonchev–Trinajstić information content (AvgIpc) is 2.70. The fourth-order valence-corrected chi connectivity index (χ4v) is 3.33. The Morgan fingerprint density at radius 2 is 1.78 bits per heavy atom. The van der Waals surface area contributed by atoms with Gasteiger partial charge in [-0.2, -0.15) is 5.26 Å². The second kappa shape index (κ2) is 9.52. The van der Waals surface area contributed by atoms with Gasteiger partial charge in [-0.15, -0.1) is 0 Å². The maximum Gasteiger partial charge on any atom is 0.306 e. The number of hydrogen-bond donors (Lipinski definition) is 0. The maximum absolute atomic E-state index is 12.3. The lowest BCUT2D eigenvalue weighted by Crippen LogP contribution is -2.51. The number of ketones is 1. The monoisotopic (exact) mass is 390 g/mol. The molecule has 27 heavy (non-hydrogen) atoms. The summed E-state index contributed by atoms with van der Waals surface area (Å²) in [5.41, 5.74) is -0.344. The largest absolute Gasteiger partial charge is 0.456 e. The Hall–Kier alpha value is -2.39. The number of Topliss-reactive ketones (excluding diaryl/α,β-unsaturated/α-hetero) is 1. The number of likely N-dealkylation sites (N-methyl/N-ethyl adjacent to an activating group) is 1. The highest BCUT2D eigenvalue weighted by molar-refractivity contribution is 6.30. The van der Waals surface area contributed by atoms with E-state index in [2.05, 4.69) is 6.07 Å². The van der Waals surface area contributed by atoms with Crippen LogP contribution >= 0.6 is 11.6 Å². The third-order valence-corrected chi connectivity index (χ3v) is 5.24. The number of amides is 1. The Labute approximate surface area is 164 Å². The van der Waals surface area contributed by atoms with Crippen molar-refractivity contribution in [3.63, 3.8) is 0 Å². The number of benzene rings is 1. The Bertz CT molecular complexity index is 733. The van der Waals surface area contributed by atoms with Crippen LogP contribution in [0.2, 0.25) is 5.02 Å². The molecule has 144 valence electrons. The van der Waals surface area contributed by atoms with Gasteiger partial charge in [0.1, 0.15) is 5.54 Å². The van der Waals surface area contributed by atoms with Crippen molar-refractivity contribution < 1.29 is 19.1 Å². The van der Waals surface area contributed by atoms with Crippen LogP contribution in [0.3, 0.4) is 0 Å². The number of nitrogens with zero attached hydrogens (tertiary/aromatic N) is 2. The molecule has 1 fully saturated rings. The van der Waals surface area contributed by atoms with Gasteiger partial charge in [0.25, 0.3) is 5.91 Å². The van der Waals surface area contributed by atoms with Crippen LogP contribution in [0, 0.1) is 11.3 Å². The first-order valence-corrected chi connectivity index (χ1v) is 9.38. The van der Waals surface area contributed by atoms with Crippen LogP contribution in [-0.2, 0) is 14.3 Å². The van der Waals surface area contributed by atoms with Crippen molar-refractivity contribution in [3.8, 4) is 6.07 Å². The lowest BCUT2D eigenvalue weighted by atomic mass is 9.81. The van der Waals surface area contributed by atoms with Gasteiger partial charge in [-0.3, -0.25) is 14.4 Å². The molecule has 0 N–H and O–H groups in total. The Morgan fingerprint density at radius 3 is 2.37 bits per heavy atom. The standard InChI is InChI=1S/C20H23ClN2O4/c1-23(20(14-22)11-3-2-4-12-20)18(25)13-27-19(26)10-9-17(24)15-5-7-16(21)8-6-15/h5-8H,2-4,9-13H2,1H3. The van der Waals surface area contributed by atoms with E-state index >= 15 is 0 Å². The van der Waals surface area contributed by atoms with Gasteiger partial charge < -0.3 is 9.64 Å². The summed E-state index contributed by atoms with van der Waals surface area (Å²) in [5.74, 6) is -1.22. The van der Waals surface area contributed by atoms with E-state index in [4.69, 9.17) is 16.3 Å². The van der Waals surface area contributed by atoms with Crippen molar-refractivity contribution in [3.05, 3.63) is 34.9 Å². The van der Waals surface area contributed by atoms with Crippen molar-refractivity contribution in [2.45, 2.75) is 50.5 Å². The molecule has 0 unspecified atom stereocenters. The molecule has 0 aliphatic heterocycles. The topological polar surface area (TPSA) is 87.5 Å². The molecule has 7 heteroatoms. The zero-order valence-electron chi connectivity index (χ0n) is 15.4. The molecule has 2 rings (SSSR count). The number of halogens is 1. The van der Waals surface area contributed by atoms with Gasteiger partial charge in [0, 0.05) is 24.1 Å². The number of carbonyl (C=O) groups excluding carboxylic acids is 3. The smallest absolute Gasteiger partial charge is 0.306 e. The zero-order chi connectivity index (χ0) is 19.9. The van der Waals surface area contributed by atoms with Gasteiger partial charge in [-0.05, 0) is 37.1 Å². The maximum atomic E-state index is 12.3. The summed E-state index contributed by atoms with van der Waals surface area (Å²) in [6.45, 7) is -0.423. The van der Waals surface area contributed by atoms with Crippen molar-refractivity contribution in [2.75, 3.05) is 13.7 Å². The fourth-order valence-electron chi connectivity index (χ4n) is 3.20. The molecule has 0 aromatic heterocycles. The minimum absolute atomic E-state index is 0.00731. The van der Waals surface area contributed by atoms with Crippen LogP contribution in [0.25, 0.3) is 0 Å². The fraction of sp³-hybridized carbons (Fsp3) is 0.500. The summed E-state index contributed by atoms with van der Waals surface area (Å²) < 4.78 is 5.00. The quantitative estimate of drug-likeness (QED) is 0.525. The first-order chi connectivity index (χ1) is 12.9. The molecule has 0 spiro atoms. The molecule has 1 amide bonds. The number of rotatable bonds is 7. The minimum atomic E-state index is -0.813. The molecule has 0 saturated heterocycles. The van der Waals surface area contributed by atoms with Crippen LogP contribution in [0.5, 0.6) is 0 Å². The summed E-state index contributed by atoms with van der Waals surface area (Å²) in [4.78, 5) is 37.6. The summed E-state index contributed by atoms with van der Waals surface area (Å²) >= 11 is 5.78. The van der Waals surface area contributed by atoms with Gasteiger partial charge >= 0.3 is 5.97 Å². The van der Waals surface area contributed by atoms with Crippen molar-refractivity contribution >= 4 is 29.3 Å². The predicted molar refractivity (Wildman–Crippen MR) is 100 cm³/mol. The number of carbonyl (C=O) groups is 3. The molecule has 1 aromatic carbocycles. The molecule has 0 bridgehead atoms. The van der Waals surface area contributed by atoms with Crippen LogP contribution in [0.1, 0.15) is 55.3 Å². The minimum Gasteiger partial charge on any atom is -0.456 e. The van der Waals surface area contributed by atoms with E-state index in [0.29, 0.717) is 23.4 Å². The van der Waals surface area contributed by atoms with Crippen molar-refractivity contribution in [1.82, 2.24) is 4.90 Å². The van der Waals surface area contributed by atoms with Crippen LogP contribution in [-0.4, -0.2) is 41.8 Å². The first-order valence-electron chi connectivity index (χ1n) is 9.00. The average molecular weight is 391 g/mol. The Kier molecular flexibility index (Phi) is 7.37. The molecular weight excluding hydrogens is 368 g/mol. The molecule has 1 aliphatic carbocycles. The summed E-state index contributed by atoms with van der Waals surface area (Å²) in [6, 6.07) is 8.67. The number of ether oxygens (including phenoxy) is 1. The summed E-state index contributed by atoms with van der Waals surface area (Å²) in [5, 5.41) is 10.0. The summed E-state index contributed by atoms with van der Waals surface area (Å²) in [6.07, 6.45) is 4.01. The molecule has 0 heterocycles. The van der Waals surface area contributed by atoms with Crippen LogP contribution in [0.15, 0.2) is 24.3 Å². The summed E-state index contributed by atoms with van der Waals surface area (Å²) in [7, 11) is 1.58. The van der Waals surface area contributed by atoms with Gasteiger partial charge in [0.2, 0.25) is 0 Å². The lowest BCUT2D eigenvalue weighted by molar-refractivity contribution is -0.153. The number of hydrogen-bond acceptors (Lipinski definition) is 5. The lowest BCUT2D eigenvalue weighted by Gasteiger charge is -2.38. The second-order valence-electron chi connectivity index (χ2n) is 6.75. The predicted octanol–water partition coefficient (Wildman–Crippen LogP) is 3.53. The van der Waals surface area contributed by atoms with E-state index in [0.717, 1.165) is 19.3 Å². The van der Waals surface area contributed by atoms with Crippen molar-refractivity contribution in [1.29, 1.82) is 5.26 Å². The molecular formula is C20H23ClN2O4. The third kappa shape index (κ3) is 5.54. The molecule has 1 aliphatic rings. The van der Waals surface area contributed by atoms with E-state index in [-0.39, 0.29) is 18.6 Å². The normalized spacial score (nSPS) is 15.4. The Morgan fingerprint density at radius 1 is 1.15 bits per heavy atom. The SMILES string of the molecule is CN(C(=O)COC(=O)CCC(=O)c1ccc(Cl)cc1)C1(C#N)CCCCC1. The highest BCUT2D eigenvalue weighted by atomic mass is 35.5. The van der Waals surface area contributed by atoms with Crippen molar-refractivity contribution in [2.24, 2.45) is 0 Å². The highest BCUT2D eigenvalue weighted by Crippen LogP contribution is 2.32. The molecule has 1 aromatic rings. The van der Waals surface area contributed by atoms with Gasteiger partial charge in [-0.1, -0.05) is 30.9 Å².